The third kappa shape index (κ3) is 3.16. The summed E-state index contributed by atoms with van der Waals surface area (Å²) in [5, 5.41) is 18.3. The minimum atomic E-state index is 0.233. The number of hydrogen-bond donors (Lipinski definition) is 1. The van der Waals surface area contributed by atoms with Crippen LogP contribution in [0.25, 0.3) is 11.3 Å². The molecule has 3 rings (SSSR count). The standard InChI is InChI=1S/C18H19N3O/c19-10-15-6-7-18(20-11-15)16-4-1-3-14(9-16)12-21-8-2-5-17(21)13-22/h1,3-4,6-7,9,11,17,22H,2,5,8,12-13H2/t17-/m0/s1. The molecule has 0 aliphatic carbocycles. The highest BCUT2D eigenvalue weighted by Gasteiger charge is 2.23. The minimum Gasteiger partial charge on any atom is -0.395 e. The van der Waals surface area contributed by atoms with Crippen LogP contribution in [0.2, 0.25) is 0 Å². The number of aliphatic hydroxyl groups is 1. The smallest absolute Gasteiger partial charge is 0.101 e. The van der Waals surface area contributed by atoms with Crippen molar-refractivity contribution in [1.29, 1.82) is 5.26 Å². The van der Waals surface area contributed by atoms with Crippen molar-refractivity contribution < 1.29 is 5.11 Å². The van der Waals surface area contributed by atoms with Gasteiger partial charge in [0.2, 0.25) is 0 Å². The normalized spacial score (nSPS) is 18.3. The number of aromatic nitrogens is 1. The van der Waals surface area contributed by atoms with E-state index in [4.69, 9.17) is 5.26 Å². The first-order chi connectivity index (χ1) is 10.8. The molecule has 0 unspecified atom stereocenters. The fraction of sp³-hybridized carbons (Fsp3) is 0.333. The van der Waals surface area contributed by atoms with Crippen LogP contribution in [-0.2, 0) is 6.54 Å². The molecule has 1 atom stereocenters. The van der Waals surface area contributed by atoms with E-state index in [1.165, 1.54) is 5.56 Å². The summed E-state index contributed by atoms with van der Waals surface area (Å²) in [5.41, 5.74) is 3.73. The lowest BCUT2D eigenvalue weighted by atomic mass is 10.1. The second-order valence-electron chi connectivity index (χ2n) is 5.69. The number of nitrogens with zero attached hydrogens (tertiary/aromatic N) is 3. The fourth-order valence-corrected chi connectivity index (χ4v) is 3.00. The largest absolute Gasteiger partial charge is 0.395 e. The van der Waals surface area contributed by atoms with E-state index in [1.807, 2.05) is 18.2 Å². The second-order valence-corrected chi connectivity index (χ2v) is 5.69. The molecule has 22 heavy (non-hydrogen) atoms. The van der Waals surface area contributed by atoms with E-state index >= 15 is 0 Å². The van der Waals surface area contributed by atoms with E-state index in [2.05, 4.69) is 28.1 Å². The molecule has 2 aromatic rings. The molecule has 1 aromatic carbocycles. The van der Waals surface area contributed by atoms with E-state index in [0.29, 0.717) is 5.56 Å². The van der Waals surface area contributed by atoms with Crippen molar-refractivity contribution in [2.75, 3.05) is 13.2 Å². The molecule has 1 N–H and O–H groups in total. The Balaban J connectivity index is 1.78. The molecule has 1 aliphatic rings. The molecule has 4 heteroatoms. The van der Waals surface area contributed by atoms with Crippen LogP contribution in [-0.4, -0.2) is 34.2 Å². The molecule has 0 radical (unpaired) electrons. The summed E-state index contributed by atoms with van der Waals surface area (Å²) in [6, 6.07) is 14.4. The Labute approximate surface area is 130 Å². The maximum Gasteiger partial charge on any atom is 0.101 e. The molecule has 1 fully saturated rings. The molecule has 4 nitrogen and oxygen atoms in total. The van der Waals surface area contributed by atoms with Gasteiger partial charge in [-0.3, -0.25) is 9.88 Å². The molecular formula is C18H19N3O. The molecule has 0 saturated carbocycles. The molecule has 1 saturated heterocycles. The monoisotopic (exact) mass is 293 g/mol. The molecule has 0 spiro atoms. The van der Waals surface area contributed by atoms with Gasteiger partial charge in [-0.25, -0.2) is 0 Å². The lowest BCUT2D eigenvalue weighted by Crippen LogP contribution is -2.31. The number of hydrogen-bond acceptors (Lipinski definition) is 4. The van der Waals surface area contributed by atoms with Crippen LogP contribution in [0.5, 0.6) is 0 Å². The van der Waals surface area contributed by atoms with Crippen molar-refractivity contribution >= 4 is 0 Å². The molecule has 2 heterocycles. The summed E-state index contributed by atoms with van der Waals surface area (Å²) < 4.78 is 0. The van der Waals surface area contributed by atoms with Gasteiger partial charge in [-0.15, -0.1) is 0 Å². The number of rotatable bonds is 4. The quantitative estimate of drug-likeness (QED) is 0.941. The Morgan fingerprint density at radius 2 is 2.23 bits per heavy atom. The Hall–Kier alpha value is -2.22. The van der Waals surface area contributed by atoms with Crippen molar-refractivity contribution in [3.8, 4) is 17.3 Å². The topological polar surface area (TPSA) is 60.2 Å². The summed E-state index contributed by atoms with van der Waals surface area (Å²) in [5.74, 6) is 0. The van der Waals surface area contributed by atoms with E-state index in [-0.39, 0.29) is 12.6 Å². The molecule has 1 aromatic heterocycles. The van der Waals surface area contributed by atoms with E-state index in [1.54, 1.807) is 12.3 Å². The van der Waals surface area contributed by atoms with E-state index in [9.17, 15) is 5.11 Å². The van der Waals surface area contributed by atoms with E-state index < -0.39 is 0 Å². The Bertz CT molecular complexity index is 675. The zero-order valence-corrected chi connectivity index (χ0v) is 12.4. The Kier molecular flexibility index (Phi) is 4.47. The summed E-state index contributed by atoms with van der Waals surface area (Å²) in [6.45, 7) is 2.14. The SMILES string of the molecule is N#Cc1ccc(-c2cccc(CN3CCC[C@H]3CO)c2)nc1. The van der Waals surface area contributed by atoms with Crippen LogP contribution >= 0.6 is 0 Å². The molecular weight excluding hydrogens is 274 g/mol. The lowest BCUT2D eigenvalue weighted by Gasteiger charge is -2.22. The summed E-state index contributed by atoms with van der Waals surface area (Å²) in [7, 11) is 0. The first-order valence-electron chi connectivity index (χ1n) is 7.60. The number of pyridine rings is 1. The van der Waals surface area contributed by atoms with Crippen LogP contribution in [0.1, 0.15) is 24.0 Å². The third-order valence-corrected chi connectivity index (χ3v) is 4.21. The average molecular weight is 293 g/mol. The third-order valence-electron chi connectivity index (χ3n) is 4.21. The van der Waals surface area contributed by atoms with Crippen LogP contribution in [0.3, 0.4) is 0 Å². The van der Waals surface area contributed by atoms with Gasteiger partial charge in [0.05, 0.1) is 17.9 Å². The zero-order chi connectivity index (χ0) is 15.4. The predicted octanol–water partition coefficient (Wildman–Crippen LogP) is 2.58. The van der Waals surface area contributed by atoms with Crippen molar-refractivity contribution in [3.05, 3.63) is 53.7 Å². The molecule has 0 amide bonds. The summed E-state index contributed by atoms with van der Waals surface area (Å²) >= 11 is 0. The highest BCUT2D eigenvalue weighted by Crippen LogP contribution is 2.23. The highest BCUT2D eigenvalue weighted by molar-refractivity contribution is 5.60. The first-order valence-corrected chi connectivity index (χ1v) is 7.60. The number of benzene rings is 1. The lowest BCUT2D eigenvalue weighted by molar-refractivity contribution is 0.153. The fourth-order valence-electron chi connectivity index (χ4n) is 3.00. The minimum absolute atomic E-state index is 0.233. The van der Waals surface area contributed by atoms with Gasteiger partial charge in [0.25, 0.3) is 0 Å². The van der Waals surface area contributed by atoms with Gasteiger partial charge in [0.1, 0.15) is 6.07 Å². The van der Waals surface area contributed by atoms with Gasteiger partial charge < -0.3 is 5.11 Å². The maximum atomic E-state index is 9.42. The number of likely N-dealkylation sites (tertiary alicyclic amines) is 1. The van der Waals surface area contributed by atoms with Gasteiger partial charge in [-0.1, -0.05) is 18.2 Å². The van der Waals surface area contributed by atoms with Crippen LogP contribution in [0.4, 0.5) is 0 Å². The van der Waals surface area contributed by atoms with Gasteiger partial charge in [-0.05, 0) is 43.1 Å². The zero-order valence-electron chi connectivity index (χ0n) is 12.4. The Morgan fingerprint density at radius 3 is 2.95 bits per heavy atom. The predicted molar refractivity (Wildman–Crippen MR) is 84.9 cm³/mol. The van der Waals surface area contributed by atoms with Gasteiger partial charge in [-0.2, -0.15) is 5.26 Å². The number of aliphatic hydroxyl groups excluding tert-OH is 1. The van der Waals surface area contributed by atoms with Crippen molar-refractivity contribution in [3.63, 3.8) is 0 Å². The maximum absolute atomic E-state index is 9.42. The van der Waals surface area contributed by atoms with Crippen molar-refractivity contribution in [2.45, 2.75) is 25.4 Å². The van der Waals surface area contributed by atoms with Gasteiger partial charge >= 0.3 is 0 Å². The van der Waals surface area contributed by atoms with Crippen LogP contribution in [0, 0.1) is 11.3 Å². The van der Waals surface area contributed by atoms with Gasteiger partial charge in [0.15, 0.2) is 0 Å². The van der Waals surface area contributed by atoms with Crippen molar-refractivity contribution in [1.82, 2.24) is 9.88 Å². The van der Waals surface area contributed by atoms with Crippen LogP contribution < -0.4 is 0 Å². The first kappa shape index (κ1) is 14.7. The van der Waals surface area contributed by atoms with Crippen LogP contribution in [0.15, 0.2) is 42.6 Å². The molecule has 1 aliphatic heterocycles. The Morgan fingerprint density at radius 1 is 1.32 bits per heavy atom. The second kappa shape index (κ2) is 6.69. The average Bonchev–Trinajstić information content (AvgIpc) is 3.02. The summed E-state index contributed by atoms with van der Waals surface area (Å²) in [4.78, 5) is 6.69. The van der Waals surface area contributed by atoms with Crippen molar-refractivity contribution in [2.24, 2.45) is 0 Å². The highest BCUT2D eigenvalue weighted by atomic mass is 16.3. The number of nitriles is 1. The van der Waals surface area contributed by atoms with Gasteiger partial charge in [0, 0.05) is 24.3 Å². The molecule has 112 valence electrons. The molecule has 0 bridgehead atoms. The summed E-state index contributed by atoms with van der Waals surface area (Å²) in [6.07, 6.45) is 3.83. The van der Waals surface area contributed by atoms with E-state index in [0.717, 1.165) is 37.2 Å².